The molecule has 3 heterocycles. The molecule has 1 saturated heterocycles. The number of hydrogen-bond acceptors (Lipinski definition) is 11. The molecule has 1 unspecified atom stereocenters. The number of aliphatic hydroxyl groups excluding tert-OH is 1. The summed E-state index contributed by atoms with van der Waals surface area (Å²) < 4.78 is 18.6. The van der Waals surface area contributed by atoms with E-state index in [2.05, 4.69) is 15.4 Å². The van der Waals surface area contributed by atoms with Crippen LogP contribution in [0.15, 0.2) is 48.8 Å². The lowest BCUT2D eigenvalue weighted by Crippen LogP contribution is -2.46. The Hall–Kier alpha value is -4.58. The summed E-state index contributed by atoms with van der Waals surface area (Å²) in [6.45, 7) is 7.02. The third-order valence-electron chi connectivity index (χ3n) is 8.19. The fourth-order valence-electron chi connectivity index (χ4n) is 5.23. The molecule has 2 aromatic heterocycles. The van der Waals surface area contributed by atoms with Crippen LogP contribution in [0.1, 0.15) is 51.8 Å². The number of amides is 2. The van der Waals surface area contributed by atoms with Crippen molar-refractivity contribution in [3.63, 3.8) is 0 Å². The van der Waals surface area contributed by atoms with E-state index in [0.29, 0.717) is 5.52 Å². The standard InChI is InChI=1S/C32H41N7O7/c1-6-10-20(4)38(5)31(43)37-29-22-13-14-24(39(22)36-18-35-29)32(17-33)28(41)27(45-30(42)26(34)19(2)3)23(46-32)16-44-25(40)15-21-11-8-7-9-12-21/h7-9,11-14,18-20,23,26-28,41H,6,10,15-16,34H2,1-5H3,(H,35,36,37,43)/t20?,23-,26+,27-,28-,32+/m1/s1. The van der Waals surface area contributed by atoms with Gasteiger partial charge in [-0.25, -0.2) is 14.3 Å². The Labute approximate surface area is 267 Å². The summed E-state index contributed by atoms with van der Waals surface area (Å²) in [5, 5.41) is 29.2. The SMILES string of the molecule is CCCC(C)N(C)C(=O)Nc1ncnn2c([C@]3(C#N)O[C@H](COC(=O)Cc4ccccc4)[C@@H](OC(=O)[C@@H](N)C(C)C)[C@H]3O)ccc12. The highest BCUT2D eigenvalue weighted by atomic mass is 16.6. The molecule has 6 atom stereocenters. The first-order valence-electron chi connectivity index (χ1n) is 15.2. The molecule has 0 aliphatic carbocycles. The molecule has 0 bridgehead atoms. The summed E-state index contributed by atoms with van der Waals surface area (Å²) in [5.41, 5.74) is 5.01. The van der Waals surface area contributed by atoms with Crippen LogP contribution in [0, 0.1) is 17.2 Å². The lowest BCUT2D eigenvalue weighted by molar-refractivity contribution is -0.162. The molecule has 3 aromatic rings. The zero-order chi connectivity index (χ0) is 33.6. The highest BCUT2D eigenvalue weighted by molar-refractivity contribution is 5.92. The lowest BCUT2D eigenvalue weighted by Gasteiger charge is -2.26. The Morgan fingerprint density at radius 1 is 1.22 bits per heavy atom. The van der Waals surface area contributed by atoms with E-state index >= 15 is 0 Å². The summed E-state index contributed by atoms with van der Waals surface area (Å²) in [5.74, 6) is -1.51. The molecule has 14 nitrogen and oxygen atoms in total. The fraction of sp³-hybridized carbons (Fsp3) is 0.500. The largest absolute Gasteiger partial charge is 0.463 e. The fourth-order valence-corrected chi connectivity index (χ4v) is 5.23. The van der Waals surface area contributed by atoms with E-state index in [0.717, 1.165) is 18.4 Å². The number of nitriles is 1. The molecule has 1 aliphatic heterocycles. The summed E-state index contributed by atoms with van der Waals surface area (Å²) in [6.07, 6.45) is -1.52. The molecule has 2 amide bonds. The van der Waals surface area contributed by atoms with Gasteiger partial charge in [0, 0.05) is 13.1 Å². The van der Waals surface area contributed by atoms with Gasteiger partial charge in [0.15, 0.2) is 11.9 Å². The summed E-state index contributed by atoms with van der Waals surface area (Å²) in [7, 11) is 1.68. The number of aliphatic hydroxyl groups is 1. The van der Waals surface area contributed by atoms with Crippen LogP contribution < -0.4 is 11.1 Å². The highest BCUT2D eigenvalue weighted by Crippen LogP contribution is 2.42. The molecule has 4 rings (SSSR count). The minimum atomic E-state index is -2.13. The second-order valence-electron chi connectivity index (χ2n) is 11.8. The van der Waals surface area contributed by atoms with E-state index < -0.39 is 48.5 Å². The van der Waals surface area contributed by atoms with Crippen molar-refractivity contribution < 1.29 is 33.7 Å². The van der Waals surface area contributed by atoms with E-state index in [9.17, 15) is 24.8 Å². The highest BCUT2D eigenvalue weighted by Gasteiger charge is 2.60. The van der Waals surface area contributed by atoms with Crippen LogP contribution >= 0.6 is 0 Å². The van der Waals surface area contributed by atoms with Crippen molar-refractivity contribution in [2.45, 2.75) is 83.0 Å². The van der Waals surface area contributed by atoms with Crippen LogP contribution in [0.2, 0.25) is 0 Å². The summed E-state index contributed by atoms with van der Waals surface area (Å²) in [6, 6.07) is 12.6. The van der Waals surface area contributed by atoms with Crippen LogP contribution in [0.25, 0.3) is 5.52 Å². The first kappa shape index (κ1) is 34.3. The Balaban J connectivity index is 1.64. The molecule has 0 spiro atoms. The molecule has 1 aromatic carbocycles. The number of nitrogens with zero attached hydrogens (tertiary/aromatic N) is 5. The number of benzene rings is 1. The minimum absolute atomic E-state index is 0.0173. The number of rotatable bonds is 12. The Morgan fingerprint density at radius 3 is 2.59 bits per heavy atom. The van der Waals surface area contributed by atoms with Gasteiger partial charge in [0.2, 0.25) is 5.60 Å². The van der Waals surface area contributed by atoms with Gasteiger partial charge in [-0.3, -0.25) is 14.9 Å². The summed E-state index contributed by atoms with van der Waals surface area (Å²) in [4.78, 5) is 44.3. The smallest absolute Gasteiger partial charge is 0.323 e. The van der Waals surface area contributed by atoms with Gasteiger partial charge < -0.3 is 30.0 Å². The number of fused-ring (bicyclic) bond motifs is 1. The van der Waals surface area contributed by atoms with E-state index in [-0.39, 0.29) is 35.9 Å². The average molecular weight is 636 g/mol. The molecular weight excluding hydrogens is 594 g/mol. The summed E-state index contributed by atoms with van der Waals surface area (Å²) >= 11 is 0. The number of anilines is 1. The van der Waals surface area contributed by atoms with Gasteiger partial charge in [0.1, 0.15) is 42.8 Å². The third kappa shape index (κ3) is 7.12. The van der Waals surface area contributed by atoms with Crippen molar-refractivity contribution in [2.75, 3.05) is 19.0 Å². The number of hydrogen-bond donors (Lipinski definition) is 3. The van der Waals surface area contributed by atoms with Crippen molar-refractivity contribution in [1.82, 2.24) is 19.5 Å². The average Bonchev–Trinajstić information content (AvgIpc) is 3.59. The zero-order valence-electron chi connectivity index (χ0n) is 26.6. The normalized spacial score (nSPS) is 22.2. The van der Waals surface area contributed by atoms with Crippen LogP contribution in [0.4, 0.5) is 10.6 Å². The number of nitrogens with two attached hydrogens (primary N) is 1. The Morgan fingerprint density at radius 2 is 1.93 bits per heavy atom. The topological polar surface area (TPSA) is 194 Å². The lowest BCUT2D eigenvalue weighted by atomic mass is 9.92. The predicted molar refractivity (Wildman–Crippen MR) is 166 cm³/mol. The number of esters is 2. The van der Waals surface area contributed by atoms with Gasteiger partial charge in [-0.15, -0.1) is 0 Å². The van der Waals surface area contributed by atoms with Gasteiger partial charge in [0.25, 0.3) is 0 Å². The Kier molecular flexibility index (Phi) is 10.9. The molecule has 4 N–H and O–H groups in total. The number of nitrogens with one attached hydrogen (secondary N) is 1. The van der Waals surface area contributed by atoms with Gasteiger partial charge in [-0.05, 0) is 37.0 Å². The monoisotopic (exact) mass is 635 g/mol. The molecule has 1 fully saturated rings. The van der Waals surface area contributed by atoms with Gasteiger partial charge in [-0.1, -0.05) is 57.5 Å². The minimum Gasteiger partial charge on any atom is -0.463 e. The molecule has 0 radical (unpaired) electrons. The first-order valence-corrected chi connectivity index (χ1v) is 15.2. The number of carbonyl (C=O) groups is 3. The van der Waals surface area contributed by atoms with Gasteiger partial charge >= 0.3 is 18.0 Å². The van der Waals surface area contributed by atoms with Crippen molar-refractivity contribution in [2.24, 2.45) is 11.7 Å². The quantitative estimate of drug-likeness (QED) is 0.248. The number of carbonyl (C=O) groups excluding carboxylic acids is 3. The predicted octanol–water partition coefficient (Wildman–Crippen LogP) is 2.54. The molecule has 1 aliphatic rings. The first-order chi connectivity index (χ1) is 21.9. The van der Waals surface area contributed by atoms with Crippen molar-refractivity contribution in [3.8, 4) is 6.07 Å². The molecule has 14 heteroatoms. The second kappa shape index (κ2) is 14.7. The molecular formula is C32H41N7O7. The Bertz CT molecular complexity index is 1570. The van der Waals surface area contributed by atoms with Gasteiger partial charge in [-0.2, -0.15) is 10.4 Å². The van der Waals surface area contributed by atoms with E-state index in [1.807, 2.05) is 26.0 Å². The van der Waals surface area contributed by atoms with Crippen molar-refractivity contribution in [1.29, 1.82) is 5.26 Å². The van der Waals surface area contributed by atoms with Crippen molar-refractivity contribution >= 4 is 29.3 Å². The third-order valence-corrected chi connectivity index (χ3v) is 8.19. The molecule has 0 saturated carbocycles. The van der Waals surface area contributed by atoms with E-state index in [1.165, 1.54) is 16.9 Å². The van der Waals surface area contributed by atoms with Crippen LogP contribution in [0.3, 0.4) is 0 Å². The molecule has 46 heavy (non-hydrogen) atoms. The maximum Gasteiger partial charge on any atom is 0.323 e. The number of ether oxygens (including phenoxy) is 3. The maximum atomic E-state index is 13.0. The maximum absolute atomic E-state index is 13.0. The van der Waals surface area contributed by atoms with Crippen LogP contribution in [0.5, 0.6) is 0 Å². The number of aromatic nitrogens is 3. The zero-order valence-corrected chi connectivity index (χ0v) is 26.6. The van der Waals surface area contributed by atoms with Crippen LogP contribution in [-0.2, 0) is 35.8 Å². The van der Waals surface area contributed by atoms with E-state index in [1.54, 1.807) is 56.1 Å². The van der Waals surface area contributed by atoms with E-state index in [4.69, 9.17) is 19.9 Å². The number of urea groups is 1. The van der Waals surface area contributed by atoms with Crippen molar-refractivity contribution in [3.05, 3.63) is 60.0 Å². The van der Waals surface area contributed by atoms with Gasteiger partial charge in [0.05, 0.1) is 12.1 Å². The van der Waals surface area contributed by atoms with Crippen LogP contribution in [-0.4, -0.2) is 86.6 Å². The second-order valence-corrected chi connectivity index (χ2v) is 11.8. The molecule has 246 valence electrons.